The van der Waals surface area contributed by atoms with Crippen molar-refractivity contribution in [3.8, 4) is 5.88 Å². The summed E-state index contributed by atoms with van der Waals surface area (Å²) in [6.45, 7) is 4.36. The third-order valence-electron chi connectivity index (χ3n) is 5.94. The average molecular weight is 643 g/mol. The predicted molar refractivity (Wildman–Crippen MR) is 151 cm³/mol. The van der Waals surface area contributed by atoms with Crippen molar-refractivity contribution in [3.05, 3.63) is 85.8 Å². The molecule has 2 N–H and O–H groups in total. The zero-order valence-corrected chi connectivity index (χ0v) is 24.5. The van der Waals surface area contributed by atoms with Gasteiger partial charge in [-0.15, -0.1) is 0 Å². The molecule has 0 unspecified atom stereocenters. The van der Waals surface area contributed by atoms with Gasteiger partial charge < -0.3 is 24.8 Å². The molecule has 0 saturated heterocycles. The molecule has 0 aliphatic heterocycles. The summed E-state index contributed by atoms with van der Waals surface area (Å²) < 4.78 is 65.0. The fraction of sp³-hybridized carbons (Fsp3) is 0.321. The molecule has 0 aliphatic rings. The first-order valence-electron chi connectivity index (χ1n) is 12.7. The molecule has 0 saturated carbocycles. The van der Waals surface area contributed by atoms with Gasteiger partial charge in [-0.1, -0.05) is 11.6 Å². The number of aromatic carboxylic acids is 1. The minimum absolute atomic E-state index is 0.00411. The van der Waals surface area contributed by atoms with Gasteiger partial charge in [0.25, 0.3) is 5.69 Å². The monoisotopic (exact) mass is 642 g/mol. The Hall–Kier alpha value is -4.66. The second-order valence-corrected chi connectivity index (χ2v) is 10.8. The molecule has 0 bridgehead atoms. The normalized spacial score (nSPS) is 11.6. The molecular weight excluding hydrogens is 616 g/mol. The zero-order valence-electron chi connectivity index (χ0n) is 23.8. The van der Waals surface area contributed by atoms with Crippen molar-refractivity contribution in [2.75, 3.05) is 19.0 Å². The molecule has 1 heterocycles. The van der Waals surface area contributed by atoms with E-state index in [2.05, 4.69) is 10.3 Å². The van der Waals surface area contributed by atoms with Crippen molar-refractivity contribution in [2.45, 2.75) is 45.5 Å². The SMILES string of the molecule is COc1ccc([N+](=O)[O-])c(CCN(Cc2cc(Cl)ccc2Nc2cc(C(F)(F)F)c(F)cc2C(=O)O)C(=O)OC(C)(C)C)n1. The Labute approximate surface area is 253 Å². The van der Waals surface area contributed by atoms with Crippen molar-refractivity contribution < 1.29 is 46.7 Å². The van der Waals surface area contributed by atoms with Gasteiger partial charge in [0, 0.05) is 35.8 Å². The minimum atomic E-state index is -5.12. The second kappa shape index (κ2) is 13.3. The Morgan fingerprint density at radius 3 is 2.36 bits per heavy atom. The summed E-state index contributed by atoms with van der Waals surface area (Å²) in [5.41, 5.74) is -4.08. The van der Waals surface area contributed by atoms with Crippen LogP contribution in [-0.2, 0) is 23.9 Å². The molecule has 44 heavy (non-hydrogen) atoms. The number of halogens is 5. The lowest BCUT2D eigenvalue weighted by Gasteiger charge is -2.28. The Balaban J connectivity index is 2.05. The summed E-state index contributed by atoms with van der Waals surface area (Å²) in [6, 6.07) is 7.17. The van der Waals surface area contributed by atoms with Crippen LogP contribution in [0, 0.1) is 15.9 Å². The maximum atomic E-state index is 14.2. The van der Waals surface area contributed by atoms with Crippen LogP contribution < -0.4 is 10.1 Å². The van der Waals surface area contributed by atoms with Crippen molar-refractivity contribution in [3.63, 3.8) is 0 Å². The van der Waals surface area contributed by atoms with E-state index in [1.807, 2.05) is 0 Å². The van der Waals surface area contributed by atoms with Gasteiger partial charge in [-0.3, -0.25) is 10.1 Å². The number of carboxylic acid groups (broad SMARTS) is 1. The summed E-state index contributed by atoms with van der Waals surface area (Å²) in [4.78, 5) is 41.2. The number of aromatic nitrogens is 1. The standard InChI is InChI=1S/C28H27ClF4N4O7/c1-27(2,3)44-26(40)36(10-9-21-23(37(41)42)7-8-24(35-21)43-4)14-15-11-16(29)5-6-20(15)34-22-13-18(28(31,32)33)19(30)12-17(22)25(38)39/h5-8,11-13,34H,9-10,14H2,1-4H3,(H,38,39). The maximum Gasteiger partial charge on any atom is 0.419 e. The highest BCUT2D eigenvalue weighted by Crippen LogP contribution is 2.36. The van der Waals surface area contributed by atoms with Crippen LogP contribution in [0.2, 0.25) is 5.02 Å². The molecule has 11 nitrogen and oxygen atoms in total. The lowest BCUT2D eigenvalue weighted by Crippen LogP contribution is -2.38. The van der Waals surface area contributed by atoms with Crippen molar-refractivity contribution >= 4 is 40.7 Å². The van der Waals surface area contributed by atoms with E-state index >= 15 is 0 Å². The van der Waals surface area contributed by atoms with Crippen LogP contribution in [0.25, 0.3) is 0 Å². The topological polar surface area (TPSA) is 144 Å². The van der Waals surface area contributed by atoms with E-state index in [9.17, 15) is 42.4 Å². The van der Waals surface area contributed by atoms with Crippen LogP contribution in [0.5, 0.6) is 5.88 Å². The highest BCUT2D eigenvalue weighted by molar-refractivity contribution is 6.30. The van der Waals surface area contributed by atoms with Gasteiger partial charge in [0.15, 0.2) is 0 Å². The van der Waals surface area contributed by atoms with E-state index in [0.717, 1.165) is 4.90 Å². The van der Waals surface area contributed by atoms with Crippen LogP contribution in [0.15, 0.2) is 42.5 Å². The number of alkyl halides is 3. The van der Waals surface area contributed by atoms with E-state index in [4.69, 9.17) is 21.1 Å². The lowest BCUT2D eigenvalue weighted by atomic mass is 10.1. The number of carbonyl (C=O) groups excluding carboxylic acids is 1. The molecule has 2 aromatic carbocycles. The largest absolute Gasteiger partial charge is 0.481 e. The van der Waals surface area contributed by atoms with Gasteiger partial charge >= 0.3 is 18.2 Å². The Bertz CT molecular complexity index is 1580. The molecule has 16 heteroatoms. The molecule has 3 rings (SSSR count). The van der Waals surface area contributed by atoms with E-state index < -0.39 is 51.4 Å². The van der Waals surface area contributed by atoms with Gasteiger partial charge in [-0.2, -0.15) is 13.2 Å². The molecule has 0 aliphatic carbocycles. The number of nitro groups is 1. The summed E-state index contributed by atoms with van der Waals surface area (Å²) in [7, 11) is 1.33. The van der Waals surface area contributed by atoms with Crippen LogP contribution in [0.3, 0.4) is 0 Å². The fourth-order valence-electron chi connectivity index (χ4n) is 3.98. The summed E-state index contributed by atoms with van der Waals surface area (Å²) in [5.74, 6) is -3.37. The number of carbonyl (C=O) groups is 2. The van der Waals surface area contributed by atoms with Crippen molar-refractivity contribution in [2.24, 2.45) is 0 Å². The number of nitrogens with zero attached hydrogens (tertiary/aromatic N) is 3. The van der Waals surface area contributed by atoms with E-state index in [0.29, 0.717) is 6.07 Å². The van der Waals surface area contributed by atoms with Gasteiger partial charge in [0.05, 0.1) is 35.4 Å². The number of hydrogen-bond acceptors (Lipinski definition) is 8. The maximum absolute atomic E-state index is 14.2. The van der Waals surface area contributed by atoms with Crippen LogP contribution in [0.4, 0.5) is 39.4 Å². The summed E-state index contributed by atoms with van der Waals surface area (Å²) in [6.07, 6.45) is -6.10. The van der Waals surface area contributed by atoms with E-state index in [1.54, 1.807) is 20.8 Å². The number of rotatable bonds is 10. The smallest absolute Gasteiger partial charge is 0.419 e. The van der Waals surface area contributed by atoms with E-state index in [1.165, 1.54) is 37.4 Å². The van der Waals surface area contributed by atoms with E-state index in [-0.39, 0.29) is 59.1 Å². The molecule has 0 fully saturated rings. The number of ether oxygens (including phenoxy) is 2. The minimum Gasteiger partial charge on any atom is -0.481 e. The predicted octanol–water partition coefficient (Wildman–Crippen LogP) is 7.23. The first kappa shape index (κ1) is 33.8. The first-order valence-corrected chi connectivity index (χ1v) is 13.1. The third-order valence-corrected chi connectivity index (χ3v) is 6.18. The molecule has 3 aromatic rings. The number of hydrogen-bond donors (Lipinski definition) is 2. The number of methoxy groups -OCH3 is 1. The number of carboxylic acids is 1. The summed E-state index contributed by atoms with van der Waals surface area (Å²) in [5, 5.41) is 23.9. The first-order chi connectivity index (χ1) is 20.4. The second-order valence-electron chi connectivity index (χ2n) is 10.3. The molecular formula is C28H27ClF4N4O7. The summed E-state index contributed by atoms with van der Waals surface area (Å²) >= 11 is 6.19. The number of nitrogens with one attached hydrogen (secondary N) is 1. The van der Waals surface area contributed by atoms with Gasteiger partial charge in [0.1, 0.15) is 17.1 Å². The van der Waals surface area contributed by atoms with Gasteiger partial charge in [-0.05, 0) is 56.7 Å². The molecule has 236 valence electrons. The highest BCUT2D eigenvalue weighted by atomic mass is 35.5. The van der Waals surface area contributed by atoms with Gasteiger partial charge in [-0.25, -0.2) is 19.0 Å². The Kier molecular flexibility index (Phi) is 10.2. The number of benzene rings is 2. The lowest BCUT2D eigenvalue weighted by molar-refractivity contribution is -0.386. The molecule has 0 spiro atoms. The van der Waals surface area contributed by atoms with Crippen LogP contribution >= 0.6 is 11.6 Å². The fourth-order valence-corrected chi connectivity index (χ4v) is 4.17. The molecule has 1 amide bonds. The Morgan fingerprint density at radius 2 is 1.80 bits per heavy atom. The molecule has 0 atom stereocenters. The molecule has 0 radical (unpaired) electrons. The highest BCUT2D eigenvalue weighted by Gasteiger charge is 2.36. The van der Waals surface area contributed by atoms with Crippen LogP contribution in [-0.4, -0.2) is 51.2 Å². The average Bonchev–Trinajstić information content (AvgIpc) is 2.90. The third kappa shape index (κ3) is 8.69. The zero-order chi connectivity index (χ0) is 33.0. The number of anilines is 2. The quantitative estimate of drug-likeness (QED) is 0.133. The molecule has 1 aromatic heterocycles. The van der Waals surface area contributed by atoms with Crippen molar-refractivity contribution in [1.29, 1.82) is 0 Å². The van der Waals surface area contributed by atoms with Gasteiger partial charge in [0.2, 0.25) is 5.88 Å². The van der Waals surface area contributed by atoms with Crippen LogP contribution in [0.1, 0.15) is 48.0 Å². The van der Waals surface area contributed by atoms with Crippen molar-refractivity contribution in [1.82, 2.24) is 9.88 Å². The number of amides is 1. The number of pyridine rings is 1. The Morgan fingerprint density at radius 1 is 1.11 bits per heavy atom.